The number of hydrogen-bond acceptors (Lipinski definition) is 5. The smallest absolute Gasteiger partial charge is 0.333 e. The van der Waals surface area contributed by atoms with Gasteiger partial charge in [0.15, 0.2) is 0 Å². The zero-order valence-corrected chi connectivity index (χ0v) is 13.7. The second-order valence-corrected chi connectivity index (χ2v) is 5.73. The summed E-state index contributed by atoms with van der Waals surface area (Å²) in [4.78, 5) is 22.6. The average molecular weight is 298 g/mol. The first-order valence-electron chi connectivity index (χ1n) is 6.88. The van der Waals surface area contributed by atoms with Gasteiger partial charge >= 0.3 is 11.9 Å². The van der Waals surface area contributed by atoms with Gasteiger partial charge in [-0.25, -0.2) is 9.59 Å². The third-order valence-corrected chi connectivity index (χ3v) is 2.65. The highest BCUT2D eigenvalue weighted by Gasteiger charge is 2.21. The van der Waals surface area contributed by atoms with E-state index in [2.05, 4.69) is 13.2 Å². The van der Waals surface area contributed by atoms with Crippen LogP contribution in [0.25, 0.3) is 0 Å². The predicted molar refractivity (Wildman–Crippen MR) is 80.8 cm³/mol. The van der Waals surface area contributed by atoms with Gasteiger partial charge in [0.05, 0.1) is 18.8 Å². The molecule has 0 N–H and O–H groups in total. The standard InChI is InChI=1S/C16H26O5/c1-11(2)14(17)19-9-8-16(6,7)20-10-13(5)21-15(18)12(3)4/h13H,1,3,8-10H2,2,4-7H3. The largest absolute Gasteiger partial charge is 0.462 e. The second-order valence-electron chi connectivity index (χ2n) is 5.73. The number of hydrogen-bond donors (Lipinski definition) is 0. The molecule has 0 aliphatic heterocycles. The van der Waals surface area contributed by atoms with Gasteiger partial charge in [-0.05, 0) is 34.6 Å². The van der Waals surface area contributed by atoms with Crippen molar-refractivity contribution in [1.82, 2.24) is 0 Å². The van der Waals surface area contributed by atoms with Crippen molar-refractivity contribution < 1.29 is 23.8 Å². The van der Waals surface area contributed by atoms with Crippen LogP contribution < -0.4 is 0 Å². The van der Waals surface area contributed by atoms with Gasteiger partial charge in [0.25, 0.3) is 0 Å². The Morgan fingerprint density at radius 1 is 1.10 bits per heavy atom. The molecule has 0 amide bonds. The summed E-state index contributed by atoms with van der Waals surface area (Å²) < 4.78 is 15.8. The maximum Gasteiger partial charge on any atom is 0.333 e. The van der Waals surface area contributed by atoms with Gasteiger partial charge in [0.2, 0.25) is 0 Å². The molecule has 5 heteroatoms. The van der Waals surface area contributed by atoms with Crippen molar-refractivity contribution in [3.8, 4) is 0 Å². The Bertz CT molecular complexity index is 409. The Kier molecular flexibility index (Phi) is 7.95. The molecule has 21 heavy (non-hydrogen) atoms. The minimum Gasteiger partial charge on any atom is -0.462 e. The topological polar surface area (TPSA) is 61.8 Å². The summed E-state index contributed by atoms with van der Waals surface area (Å²) in [7, 11) is 0. The maximum absolute atomic E-state index is 11.3. The zero-order valence-electron chi connectivity index (χ0n) is 13.7. The van der Waals surface area contributed by atoms with Crippen molar-refractivity contribution in [2.45, 2.75) is 52.7 Å². The molecule has 0 heterocycles. The van der Waals surface area contributed by atoms with Crippen molar-refractivity contribution in [3.05, 3.63) is 24.3 Å². The van der Waals surface area contributed by atoms with Crippen molar-refractivity contribution in [2.75, 3.05) is 13.2 Å². The SMILES string of the molecule is C=C(C)C(=O)OCCC(C)(C)OCC(C)OC(=O)C(=C)C. The Morgan fingerprint density at radius 2 is 1.62 bits per heavy atom. The van der Waals surface area contributed by atoms with Crippen LogP contribution in [0.4, 0.5) is 0 Å². The Hall–Kier alpha value is -1.62. The minimum atomic E-state index is -0.487. The lowest BCUT2D eigenvalue weighted by Crippen LogP contribution is -2.32. The number of ether oxygens (including phenoxy) is 3. The summed E-state index contributed by atoms with van der Waals surface area (Å²) in [5.74, 6) is -0.839. The van der Waals surface area contributed by atoms with E-state index in [9.17, 15) is 9.59 Å². The number of esters is 2. The molecule has 1 atom stereocenters. The van der Waals surface area contributed by atoms with Crippen molar-refractivity contribution in [2.24, 2.45) is 0 Å². The monoisotopic (exact) mass is 298 g/mol. The van der Waals surface area contributed by atoms with Crippen molar-refractivity contribution >= 4 is 11.9 Å². The molecule has 0 aromatic rings. The highest BCUT2D eigenvalue weighted by Crippen LogP contribution is 2.16. The van der Waals surface area contributed by atoms with E-state index in [1.165, 1.54) is 0 Å². The van der Waals surface area contributed by atoms with E-state index in [0.29, 0.717) is 17.6 Å². The number of carbonyl (C=O) groups excluding carboxylic acids is 2. The lowest BCUT2D eigenvalue weighted by Gasteiger charge is -2.27. The van der Waals surface area contributed by atoms with Crippen LogP contribution in [0.5, 0.6) is 0 Å². The molecular formula is C16H26O5. The molecule has 0 saturated heterocycles. The molecule has 0 aromatic carbocycles. The Morgan fingerprint density at radius 3 is 2.10 bits per heavy atom. The molecule has 0 spiro atoms. The van der Waals surface area contributed by atoms with E-state index in [0.717, 1.165) is 0 Å². The van der Waals surface area contributed by atoms with Crippen LogP contribution in [-0.4, -0.2) is 36.9 Å². The molecule has 0 fully saturated rings. The van der Waals surface area contributed by atoms with Crippen molar-refractivity contribution in [3.63, 3.8) is 0 Å². The fraction of sp³-hybridized carbons (Fsp3) is 0.625. The highest BCUT2D eigenvalue weighted by atomic mass is 16.6. The number of rotatable bonds is 9. The zero-order chi connectivity index (χ0) is 16.6. The average Bonchev–Trinajstić information content (AvgIpc) is 2.35. The summed E-state index contributed by atoms with van der Waals surface area (Å²) in [6, 6.07) is 0. The van der Waals surface area contributed by atoms with Crippen LogP contribution in [0.3, 0.4) is 0 Å². The van der Waals surface area contributed by atoms with Crippen LogP contribution in [0, 0.1) is 0 Å². The van der Waals surface area contributed by atoms with Crippen LogP contribution in [0.2, 0.25) is 0 Å². The molecule has 5 nitrogen and oxygen atoms in total. The van der Waals surface area contributed by atoms with Gasteiger partial charge in [-0.15, -0.1) is 0 Å². The minimum absolute atomic E-state index is 0.249. The van der Waals surface area contributed by atoms with E-state index >= 15 is 0 Å². The first-order chi connectivity index (χ1) is 9.55. The fourth-order valence-electron chi connectivity index (χ4n) is 1.25. The van der Waals surface area contributed by atoms with Gasteiger partial charge in [-0.3, -0.25) is 0 Å². The molecule has 0 rings (SSSR count). The summed E-state index contributed by atoms with van der Waals surface area (Å²) >= 11 is 0. The van der Waals surface area contributed by atoms with Gasteiger partial charge in [0.1, 0.15) is 6.10 Å². The summed E-state index contributed by atoms with van der Waals surface area (Å²) in [6.45, 7) is 16.2. The van der Waals surface area contributed by atoms with Crippen LogP contribution in [-0.2, 0) is 23.8 Å². The lowest BCUT2D eigenvalue weighted by molar-refractivity contribution is -0.152. The fourth-order valence-corrected chi connectivity index (χ4v) is 1.25. The highest BCUT2D eigenvalue weighted by molar-refractivity contribution is 5.87. The number of carbonyl (C=O) groups is 2. The molecular weight excluding hydrogens is 272 g/mol. The Balaban J connectivity index is 4.06. The second kappa shape index (κ2) is 8.62. The molecule has 120 valence electrons. The van der Waals surface area contributed by atoms with Gasteiger partial charge < -0.3 is 14.2 Å². The van der Waals surface area contributed by atoms with Gasteiger partial charge in [-0.2, -0.15) is 0 Å². The molecule has 0 aromatic heterocycles. The first kappa shape index (κ1) is 19.4. The summed E-state index contributed by atoms with van der Waals surface area (Å²) in [5.41, 5.74) is 0.237. The lowest BCUT2D eigenvalue weighted by atomic mass is 10.1. The van der Waals surface area contributed by atoms with E-state index in [1.807, 2.05) is 13.8 Å². The predicted octanol–water partition coefficient (Wildman–Crippen LogP) is 2.80. The molecule has 0 saturated carbocycles. The van der Waals surface area contributed by atoms with Gasteiger partial charge in [0, 0.05) is 17.6 Å². The summed E-state index contributed by atoms with van der Waals surface area (Å²) in [5, 5.41) is 0. The van der Waals surface area contributed by atoms with Crippen LogP contribution >= 0.6 is 0 Å². The third kappa shape index (κ3) is 9.02. The van der Waals surface area contributed by atoms with Crippen LogP contribution in [0.15, 0.2) is 24.3 Å². The van der Waals surface area contributed by atoms with E-state index in [1.54, 1.807) is 20.8 Å². The van der Waals surface area contributed by atoms with Gasteiger partial charge in [-0.1, -0.05) is 13.2 Å². The van der Waals surface area contributed by atoms with E-state index in [4.69, 9.17) is 14.2 Å². The molecule has 1 unspecified atom stereocenters. The third-order valence-electron chi connectivity index (χ3n) is 2.65. The maximum atomic E-state index is 11.3. The van der Waals surface area contributed by atoms with E-state index < -0.39 is 17.5 Å². The van der Waals surface area contributed by atoms with Crippen LogP contribution in [0.1, 0.15) is 41.0 Å². The Labute approximate surface area is 126 Å². The summed E-state index contributed by atoms with van der Waals surface area (Å²) in [6.07, 6.45) is 0.166. The molecule has 0 bridgehead atoms. The molecule has 0 aliphatic rings. The van der Waals surface area contributed by atoms with E-state index in [-0.39, 0.29) is 19.3 Å². The first-order valence-corrected chi connectivity index (χ1v) is 6.88. The molecule has 0 radical (unpaired) electrons. The quantitative estimate of drug-likeness (QED) is 0.484. The van der Waals surface area contributed by atoms with Crippen molar-refractivity contribution in [1.29, 1.82) is 0 Å². The normalized spacial score (nSPS) is 12.4. The molecule has 0 aliphatic carbocycles.